The van der Waals surface area contributed by atoms with Gasteiger partial charge in [0.2, 0.25) is 0 Å². The van der Waals surface area contributed by atoms with Gasteiger partial charge in [-0.2, -0.15) is 0 Å². The highest BCUT2D eigenvalue weighted by molar-refractivity contribution is 4.93. The quantitative estimate of drug-likeness (QED) is 0.732. The first-order valence-electron chi connectivity index (χ1n) is 5.79. The van der Waals surface area contributed by atoms with E-state index in [4.69, 9.17) is 10.5 Å². The Morgan fingerprint density at radius 2 is 2.00 bits per heavy atom. The van der Waals surface area contributed by atoms with Crippen LogP contribution >= 0.6 is 0 Å². The smallest absolute Gasteiger partial charge is 0.0715 e. The molecule has 0 bridgehead atoms. The molecular weight excluding hydrogens is 176 g/mol. The molecule has 0 amide bonds. The molecule has 1 aliphatic heterocycles. The van der Waals surface area contributed by atoms with Crippen molar-refractivity contribution in [3.05, 3.63) is 0 Å². The molecule has 2 aliphatic rings. The van der Waals surface area contributed by atoms with Crippen molar-refractivity contribution in [1.82, 2.24) is 4.90 Å². The molecule has 1 saturated heterocycles. The summed E-state index contributed by atoms with van der Waals surface area (Å²) in [5.74, 6) is 0. The molecule has 0 aromatic carbocycles. The Morgan fingerprint density at radius 3 is 2.43 bits per heavy atom. The summed E-state index contributed by atoms with van der Waals surface area (Å²) in [7, 11) is 1.84. The summed E-state index contributed by atoms with van der Waals surface area (Å²) in [5, 5.41) is 0. The van der Waals surface area contributed by atoms with Crippen LogP contribution in [0.25, 0.3) is 0 Å². The summed E-state index contributed by atoms with van der Waals surface area (Å²) in [6.45, 7) is 3.16. The van der Waals surface area contributed by atoms with Gasteiger partial charge in [0.25, 0.3) is 0 Å². The van der Waals surface area contributed by atoms with Crippen LogP contribution in [0, 0.1) is 0 Å². The van der Waals surface area contributed by atoms with Gasteiger partial charge in [0.1, 0.15) is 0 Å². The predicted molar refractivity (Wildman–Crippen MR) is 57.2 cm³/mol. The van der Waals surface area contributed by atoms with Gasteiger partial charge in [-0.1, -0.05) is 0 Å². The number of methoxy groups -OCH3 is 1. The lowest BCUT2D eigenvalue weighted by atomic mass is 9.88. The molecule has 2 fully saturated rings. The van der Waals surface area contributed by atoms with Crippen molar-refractivity contribution in [1.29, 1.82) is 0 Å². The largest absolute Gasteiger partial charge is 0.378 e. The third-order valence-corrected chi connectivity index (χ3v) is 3.81. The third-order valence-electron chi connectivity index (χ3n) is 3.81. The van der Waals surface area contributed by atoms with E-state index in [2.05, 4.69) is 4.90 Å². The number of nitrogens with two attached hydrogens (primary N) is 1. The van der Waals surface area contributed by atoms with E-state index in [-0.39, 0.29) is 5.60 Å². The van der Waals surface area contributed by atoms with E-state index in [9.17, 15) is 0 Å². The van der Waals surface area contributed by atoms with Crippen molar-refractivity contribution in [3.8, 4) is 0 Å². The second kappa shape index (κ2) is 4.17. The van der Waals surface area contributed by atoms with E-state index in [1.807, 2.05) is 7.11 Å². The van der Waals surface area contributed by atoms with Crippen LogP contribution in [0.5, 0.6) is 0 Å². The molecule has 1 aliphatic carbocycles. The number of rotatable bonds is 4. The van der Waals surface area contributed by atoms with Crippen molar-refractivity contribution >= 4 is 0 Å². The van der Waals surface area contributed by atoms with Crippen molar-refractivity contribution in [2.45, 2.75) is 43.7 Å². The summed E-state index contributed by atoms with van der Waals surface area (Å²) in [6.07, 6.45) is 6.17. The highest BCUT2D eigenvalue weighted by atomic mass is 16.5. The fourth-order valence-electron chi connectivity index (χ4n) is 2.56. The fraction of sp³-hybridized carbons (Fsp3) is 1.00. The van der Waals surface area contributed by atoms with Crippen LogP contribution in [0.1, 0.15) is 32.1 Å². The van der Waals surface area contributed by atoms with E-state index in [1.54, 1.807) is 0 Å². The van der Waals surface area contributed by atoms with Gasteiger partial charge in [0.05, 0.1) is 5.60 Å². The van der Waals surface area contributed by atoms with E-state index < -0.39 is 0 Å². The first-order valence-corrected chi connectivity index (χ1v) is 5.79. The van der Waals surface area contributed by atoms with Crippen LogP contribution in [0.2, 0.25) is 0 Å². The van der Waals surface area contributed by atoms with Gasteiger partial charge in [-0.25, -0.2) is 0 Å². The van der Waals surface area contributed by atoms with Gasteiger partial charge in [-0.05, 0) is 38.6 Å². The van der Waals surface area contributed by atoms with Crippen LogP contribution in [0.15, 0.2) is 0 Å². The third kappa shape index (κ3) is 2.10. The minimum atomic E-state index is 0.0974. The molecule has 1 heterocycles. The van der Waals surface area contributed by atoms with Gasteiger partial charge in [0, 0.05) is 26.2 Å². The Labute approximate surface area is 86.6 Å². The maximum atomic E-state index is 5.66. The summed E-state index contributed by atoms with van der Waals surface area (Å²) < 4.78 is 5.66. The number of hydrogen-bond donors (Lipinski definition) is 1. The van der Waals surface area contributed by atoms with E-state index >= 15 is 0 Å². The Morgan fingerprint density at radius 1 is 1.36 bits per heavy atom. The molecular formula is C11H22N2O. The number of piperidine rings is 1. The Bertz CT molecular complexity index is 184. The second-order valence-corrected chi connectivity index (χ2v) is 4.69. The molecule has 82 valence electrons. The minimum Gasteiger partial charge on any atom is -0.378 e. The van der Waals surface area contributed by atoms with Crippen molar-refractivity contribution < 1.29 is 4.74 Å². The van der Waals surface area contributed by atoms with Crippen molar-refractivity contribution in [3.63, 3.8) is 0 Å². The molecule has 0 atom stereocenters. The van der Waals surface area contributed by atoms with Crippen molar-refractivity contribution in [2.24, 2.45) is 5.73 Å². The zero-order chi connectivity index (χ0) is 10.0. The molecule has 0 aromatic rings. The molecule has 3 nitrogen and oxygen atoms in total. The summed E-state index contributed by atoms with van der Waals surface area (Å²) in [4.78, 5) is 2.62. The number of ether oxygens (including phenoxy) is 1. The first-order chi connectivity index (χ1) is 6.79. The maximum Gasteiger partial charge on any atom is 0.0715 e. The van der Waals surface area contributed by atoms with Gasteiger partial charge in [-0.3, -0.25) is 0 Å². The molecule has 0 spiro atoms. The molecule has 0 unspecified atom stereocenters. The highest BCUT2D eigenvalue weighted by Crippen LogP contribution is 2.34. The van der Waals surface area contributed by atoms with Crippen molar-refractivity contribution in [2.75, 3.05) is 26.7 Å². The average Bonchev–Trinajstić information content (AvgIpc) is 3.03. The van der Waals surface area contributed by atoms with Crippen LogP contribution in [0.4, 0.5) is 0 Å². The lowest BCUT2D eigenvalue weighted by molar-refractivity contribution is -0.0621. The number of nitrogens with zero attached hydrogens (tertiary/aromatic N) is 1. The Kier molecular flexibility index (Phi) is 3.10. The second-order valence-electron chi connectivity index (χ2n) is 4.69. The first kappa shape index (κ1) is 10.4. The Balaban J connectivity index is 1.84. The van der Waals surface area contributed by atoms with Crippen LogP contribution in [-0.2, 0) is 4.74 Å². The molecule has 2 rings (SSSR count). The van der Waals surface area contributed by atoms with E-state index in [0.717, 1.165) is 31.8 Å². The molecule has 0 radical (unpaired) electrons. The van der Waals surface area contributed by atoms with E-state index in [1.165, 1.54) is 25.9 Å². The number of hydrogen-bond acceptors (Lipinski definition) is 3. The van der Waals surface area contributed by atoms with E-state index in [0.29, 0.717) is 0 Å². The molecule has 1 saturated carbocycles. The normalized spacial score (nSPS) is 27.9. The van der Waals surface area contributed by atoms with Crippen LogP contribution < -0.4 is 5.73 Å². The monoisotopic (exact) mass is 198 g/mol. The number of likely N-dealkylation sites (tertiary alicyclic amines) is 1. The lowest BCUT2D eigenvalue weighted by Crippen LogP contribution is -2.47. The Hall–Kier alpha value is -0.120. The highest BCUT2D eigenvalue weighted by Gasteiger charge is 2.38. The molecule has 2 N–H and O–H groups in total. The zero-order valence-electron chi connectivity index (χ0n) is 9.17. The average molecular weight is 198 g/mol. The standard InChI is InChI=1S/C11H22N2O/c1-14-11(4-7-12)5-8-13(9-6-11)10-2-3-10/h10H,2-9,12H2,1H3. The van der Waals surface area contributed by atoms with Gasteiger partial charge >= 0.3 is 0 Å². The molecule has 3 heteroatoms. The topological polar surface area (TPSA) is 38.5 Å². The minimum absolute atomic E-state index is 0.0974. The van der Waals surface area contributed by atoms with Crippen LogP contribution in [-0.4, -0.2) is 43.3 Å². The fourth-order valence-corrected chi connectivity index (χ4v) is 2.56. The molecule has 0 aromatic heterocycles. The van der Waals surface area contributed by atoms with Gasteiger partial charge in [0.15, 0.2) is 0 Å². The predicted octanol–water partition coefficient (Wildman–Crippen LogP) is 0.979. The van der Waals surface area contributed by atoms with Gasteiger partial charge < -0.3 is 15.4 Å². The summed E-state index contributed by atoms with van der Waals surface area (Å²) in [6, 6.07) is 0.905. The maximum absolute atomic E-state index is 5.66. The molecule has 14 heavy (non-hydrogen) atoms. The lowest BCUT2D eigenvalue weighted by Gasteiger charge is -2.41. The van der Waals surface area contributed by atoms with Gasteiger partial charge in [-0.15, -0.1) is 0 Å². The zero-order valence-corrected chi connectivity index (χ0v) is 9.17. The summed E-state index contributed by atoms with van der Waals surface area (Å²) in [5.41, 5.74) is 5.73. The van der Waals surface area contributed by atoms with Crippen LogP contribution in [0.3, 0.4) is 0 Å². The summed E-state index contributed by atoms with van der Waals surface area (Å²) >= 11 is 0. The SMILES string of the molecule is COC1(CCN)CCN(C2CC2)CC1.